The van der Waals surface area contributed by atoms with Crippen LogP contribution in [0, 0.1) is 0 Å². The van der Waals surface area contributed by atoms with E-state index >= 15 is 0 Å². The third-order valence-corrected chi connectivity index (χ3v) is 4.02. The zero-order valence-electron chi connectivity index (χ0n) is 12.5. The molecule has 1 fully saturated rings. The highest BCUT2D eigenvalue weighted by atomic mass is 35.5. The normalized spacial score (nSPS) is 19.0. The van der Waals surface area contributed by atoms with Gasteiger partial charge in [-0.1, -0.05) is 0 Å². The Balaban J connectivity index is 0.00000176. The van der Waals surface area contributed by atoms with Crippen LogP contribution in [0.4, 0.5) is 5.69 Å². The van der Waals surface area contributed by atoms with Gasteiger partial charge in [0.1, 0.15) is 18.8 Å². The number of nitrogens with one attached hydrogen (secondary N) is 2. The van der Waals surface area contributed by atoms with E-state index in [-0.39, 0.29) is 18.3 Å². The fourth-order valence-corrected chi connectivity index (χ4v) is 2.72. The van der Waals surface area contributed by atoms with Crippen LogP contribution in [0.2, 0.25) is 0 Å². The van der Waals surface area contributed by atoms with Crippen LogP contribution in [0.5, 0.6) is 11.5 Å². The van der Waals surface area contributed by atoms with Crippen molar-refractivity contribution in [2.24, 2.45) is 0 Å². The quantitative estimate of drug-likeness (QED) is 0.882. The van der Waals surface area contributed by atoms with E-state index in [0.717, 1.165) is 13.1 Å². The van der Waals surface area contributed by atoms with Gasteiger partial charge < -0.3 is 24.8 Å². The molecule has 0 spiro atoms. The van der Waals surface area contributed by atoms with Crippen molar-refractivity contribution < 1.29 is 19.0 Å². The van der Waals surface area contributed by atoms with Crippen LogP contribution in [-0.2, 0) is 9.53 Å². The summed E-state index contributed by atoms with van der Waals surface area (Å²) in [5, 5.41) is 6.16. The number of carbonyl (C=O) groups excluding carboxylic acids is 1. The lowest BCUT2D eigenvalue weighted by molar-refractivity contribution is -0.140. The molecule has 2 aliphatic heterocycles. The standard InChI is InChI=1S/C15H20N2O4.ClH/c1-19-15(4-6-16-7-5-15)14(18)17-11-2-3-12-13(10-11)21-9-8-20-12;/h2-3,10,16H,4-9H2,1H3,(H,17,18);1H. The molecular weight excluding hydrogens is 308 g/mol. The second-order valence-corrected chi connectivity index (χ2v) is 5.26. The molecule has 1 saturated heterocycles. The minimum absolute atomic E-state index is 0. The van der Waals surface area contributed by atoms with E-state index in [4.69, 9.17) is 14.2 Å². The van der Waals surface area contributed by atoms with Crippen LogP contribution < -0.4 is 20.1 Å². The van der Waals surface area contributed by atoms with Crippen molar-refractivity contribution in [3.8, 4) is 11.5 Å². The number of methoxy groups -OCH3 is 1. The Kier molecular flexibility index (Phi) is 5.50. The summed E-state index contributed by atoms with van der Waals surface area (Å²) in [5.74, 6) is 1.27. The number of amides is 1. The first-order chi connectivity index (χ1) is 10.2. The smallest absolute Gasteiger partial charge is 0.256 e. The Morgan fingerprint density at radius 3 is 2.59 bits per heavy atom. The number of piperidine rings is 1. The minimum atomic E-state index is -0.751. The summed E-state index contributed by atoms with van der Waals surface area (Å²) in [6.45, 7) is 2.64. The van der Waals surface area contributed by atoms with E-state index in [1.165, 1.54) is 0 Å². The van der Waals surface area contributed by atoms with Gasteiger partial charge in [-0.15, -0.1) is 12.4 Å². The van der Waals surface area contributed by atoms with E-state index in [2.05, 4.69) is 10.6 Å². The lowest BCUT2D eigenvalue weighted by Crippen LogP contribution is -2.51. The molecule has 122 valence electrons. The van der Waals surface area contributed by atoms with Crippen molar-refractivity contribution in [2.75, 3.05) is 38.7 Å². The molecule has 2 aliphatic rings. The van der Waals surface area contributed by atoms with Crippen LogP contribution in [0.25, 0.3) is 0 Å². The molecule has 0 bridgehead atoms. The lowest BCUT2D eigenvalue weighted by atomic mass is 9.91. The summed E-state index contributed by atoms with van der Waals surface area (Å²) in [5.41, 5.74) is -0.0578. The average molecular weight is 329 g/mol. The molecule has 3 rings (SSSR count). The van der Waals surface area contributed by atoms with E-state index in [0.29, 0.717) is 43.2 Å². The fourth-order valence-electron chi connectivity index (χ4n) is 2.72. The maximum absolute atomic E-state index is 12.6. The van der Waals surface area contributed by atoms with Gasteiger partial charge >= 0.3 is 0 Å². The highest BCUT2D eigenvalue weighted by Gasteiger charge is 2.39. The van der Waals surface area contributed by atoms with Crippen LogP contribution in [0.15, 0.2) is 18.2 Å². The average Bonchev–Trinajstić information content (AvgIpc) is 2.55. The van der Waals surface area contributed by atoms with Gasteiger partial charge in [-0.3, -0.25) is 4.79 Å². The molecule has 6 nitrogen and oxygen atoms in total. The highest BCUT2D eigenvalue weighted by molar-refractivity contribution is 5.97. The zero-order valence-corrected chi connectivity index (χ0v) is 13.3. The molecule has 0 atom stereocenters. The predicted octanol–water partition coefficient (Wildman–Crippen LogP) is 1.59. The van der Waals surface area contributed by atoms with E-state index in [1.807, 2.05) is 12.1 Å². The molecule has 0 aromatic heterocycles. The summed E-state index contributed by atoms with van der Waals surface area (Å²) in [6, 6.07) is 5.42. The van der Waals surface area contributed by atoms with Crippen molar-refractivity contribution in [3.05, 3.63) is 18.2 Å². The summed E-state index contributed by atoms with van der Waals surface area (Å²) in [7, 11) is 1.59. The Morgan fingerprint density at radius 2 is 1.91 bits per heavy atom. The molecule has 2 heterocycles. The van der Waals surface area contributed by atoms with E-state index < -0.39 is 5.60 Å². The van der Waals surface area contributed by atoms with Crippen molar-refractivity contribution >= 4 is 24.0 Å². The van der Waals surface area contributed by atoms with Crippen LogP contribution in [0.3, 0.4) is 0 Å². The number of fused-ring (bicyclic) bond motifs is 1. The molecular formula is C15H21ClN2O4. The Morgan fingerprint density at radius 1 is 1.23 bits per heavy atom. The summed E-state index contributed by atoms with van der Waals surface area (Å²) in [4.78, 5) is 12.6. The second kappa shape index (κ2) is 7.17. The summed E-state index contributed by atoms with van der Waals surface area (Å²) >= 11 is 0. The number of hydrogen-bond donors (Lipinski definition) is 2. The first-order valence-corrected chi connectivity index (χ1v) is 7.20. The van der Waals surface area contributed by atoms with Crippen LogP contribution >= 0.6 is 12.4 Å². The van der Waals surface area contributed by atoms with Gasteiger partial charge in [0.25, 0.3) is 5.91 Å². The second-order valence-electron chi connectivity index (χ2n) is 5.26. The van der Waals surface area contributed by atoms with E-state index in [1.54, 1.807) is 13.2 Å². The number of ether oxygens (including phenoxy) is 3. The number of rotatable bonds is 3. The molecule has 0 aliphatic carbocycles. The zero-order chi connectivity index (χ0) is 14.7. The number of anilines is 1. The van der Waals surface area contributed by atoms with Crippen molar-refractivity contribution in [1.82, 2.24) is 5.32 Å². The van der Waals surface area contributed by atoms with Gasteiger partial charge in [0.05, 0.1) is 0 Å². The predicted molar refractivity (Wildman–Crippen MR) is 85.2 cm³/mol. The van der Waals surface area contributed by atoms with Gasteiger partial charge in [0.2, 0.25) is 0 Å². The molecule has 0 unspecified atom stereocenters. The molecule has 7 heteroatoms. The Bertz CT molecular complexity index is 532. The summed E-state index contributed by atoms with van der Waals surface area (Å²) in [6.07, 6.45) is 1.33. The molecule has 1 aromatic carbocycles. The lowest BCUT2D eigenvalue weighted by Gasteiger charge is -2.34. The van der Waals surface area contributed by atoms with Gasteiger partial charge in [0, 0.05) is 18.9 Å². The molecule has 2 N–H and O–H groups in total. The number of carbonyl (C=O) groups is 1. The number of benzene rings is 1. The Hall–Kier alpha value is -1.50. The largest absolute Gasteiger partial charge is 0.486 e. The van der Waals surface area contributed by atoms with Gasteiger partial charge in [-0.2, -0.15) is 0 Å². The number of halogens is 1. The molecule has 0 radical (unpaired) electrons. The van der Waals surface area contributed by atoms with Crippen molar-refractivity contribution in [1.29, 1.82) is 0 Å². The summed E-state index contributed by atoms with van der Waals surface area (Å²) < 4.78 is 16.5. The number of hydrogen-bond acceptors (Lipinski definition) is 5. The minimum Gasteiger partial charge on any atom is -0.486 e. The van der Waals surface area contributed by atoms with E-state index in [9.17, 15) is 4.79 Å². The maximum Gasteiger partial charge on any atom is 0.256 e. The SMILES string of the molecule is COC1(C(=O)Nc2ccc3c(c2)OCCO3)CCNCC1.Cl. The van der Waals surface area contributed by atoms with Gasteiger partial charge in [-0.05, 0) is 38.1 Å². The van der Waals surface area contributed by atoms with Gasteiger partial charge in [0.15, 0.2) is 11.5 Å². The third-order valence-electron chi connectivity index (χ3n) is 4.02. The maximum atomic E-state index is 12.6. The van der Waals surface area contributed by atoms with Crippen molar-refractivity contribution in [2.45, 2.75) is 18.4 Å². The molecule has 22 heavy (non-hydrogen) atoms. The highest BCUT2D eigenvalue weighted by Crippen LogP contribution is 2.33. The van der Waals surface area contributed by atoms with Crippen molar-refractivity contribution in [3.63, 3.8) is 0 Å². The third kappa shape index (κ3) is 3.29. The van der Waals surface area contributed by atoms with Gasteiger partial charge in [-0.25, -0.2) is 0 Å². The fraction of sp³-hybridized carbons (Fsp3) is 0.533. The molecule has 1 aromatic rings. The Labute approximate surface area is 135 Å². The first-order valence-electron chi connectivity index (χ1n) is 7.20. The van der Waals surface area contributed by atoms with Crippen LogP contribution in [-0.4, -0.2) is 44.9 Å². The topological polar surface area (TPSA) is 68.8 Å². The van der Waals surface area contributed by atoms with Crippen LogP contribution in [0.1, 0.15) is 12.8 Å². The monoisotopic (exact) mass is 328 g/mol. The molecule has 1 amide bonds. The molecule has 0 saturated carbocycles. The first kappa shape index (κ1) is 16.9.